The van der Waals surface area contributed by atoms with Gasteiger partial charge in [0.05, 0.1) is 12.2 Å². The fourth-order valence-electron chi connectivity index (χ4n) is 1.29. The summed E-state index contributed by atoms with van der Waals surface area (Å²) in [6.07, 6.45) is 0. The topological polar surface area (TPSA) is 55.8 Å². The lowest BCUT2D eigenvalue weighted by Crippen LogP contribution is -2.14. The quantitative estimate of drug-likeness (QED) is 0.740. The molecule has 0 saturated carbocycles. The van der Waals surface area contributed by atoms with Gasteiger partial charge in [-0.25, -0.2) is 9.18 Å². The number of carbonyl (C=O) groups is 1. The molecule has 1 N–H and O–H groups in total. The number of benzene rings is 1. The van der Waals surface area contributed by atoms with Crippen LogP contribution in [0.25, 0.3) is 0 Å². The minimum atomic E-state index is -1.17. The zero-order chi connectivity index (χ0) is 10.1. The lowest BCUT2D eigenvalue weighted by molar-refractivity contribution is -0.0190. The number of hydrogen-bond acceptors (Lipinski definition) is 3. The molecule has 0 fully saturated rings. The maximum absolute atomic E-state index is 13.2. The smallest absolute Gasteiger partial charge is 0.335 e. The van der Waals surface area contributed by atoms with Gasteiger partial charge in [0, 0.05) is 5.56 Å². The standard InChI is InChI=1S/C9H7FO4/c10-7-2-5(9(11)12)1-6-3-13-4-14-8(6)7/h1-2H,3-4H2,(H,11,12). The average Bonchev–Trinajstić information content (AvgIpc) is 2.17. The molecule has 1 heterocycles. The Bertz CT molecular complexity index is 389. The molecule has 0 amide bonds. The van der Waals surface area contributed by atoms with Crippen LogP contribution in [0.15, 0.2) is 12.1 Å². The summed E-state index contributed by atoms with van der Waals surface area (Å²) in [6, 6.07) is 2.28. The van der Waals surface area contributed by atoms with Gasteiger partial charge in [0.1, 0.15) is 0 Å². The summed E-state index contributed by atoms with van der Waals surface area (Å²) < 4.78 is 23.1. The second-order valence-electron chi connectivity index (χ2n) is 2.86. The van der Waals surface area contributed by atoms with Gasteiger partial charge in [-0.1, -0.05) is 0 Å². The van der Waals surface area contributed by atoms with Gasteiger partial charge < -0.3 is 14.6 Å². The minimum Gasteiger partial charge on any atom is -0.478 e. The Kier molecular flexibility index (Phi) is 2.09. The van der Waals surface area contributed by atoms with E-state index in [9.17, 15) is 9.18 Å². The maximum atomic E-state index is 13.2. The molecule has 0 bridgehead atoms. The van der Waals surface area contributed by atoms with E-state index < -0.39 is 11.8 Å². The van der Waals surface area contributed by atoms with Gasteiger partial charge in [0.25, 0.3) is 0 Å². The molecule has 74 valence electrons. The lowest BCUT2D eigenvalue weighted by Gasteiger charge is -2.18. The normalized spacial score (nSPS) is 14.4. The Hall–Kier alpha value is -1.62. The molecule has 4 nitrogen and oxygen atoms in total. The first kappa shape index (κ1) is 8.96. The fraction of sp³-hybridized carbons (Fsp3) is 0.222. The molecule has 1 aliphatic heterocycles. The van der Waals surface area contributed by atoms with Crippen LogP contribution < -0.4 is 4.74 Å². The summed E-state index contributed by atoms with van der Waals surface area (Å²) in [5.74, 6) is -1.75. The molecule has 0 radical (unpaired) electrons. The number of carboxylic acid groups (broad SMARTS) is 1. The van der Waals surface area contributed by atoms with E-state index in [1.165, 1.54) is 6.07 Å². The first-order valence-corrected chi connectivity index (χ1v) is 3.95. The van der Waals surface area contributed by atoms with E-state index in [1.807, 2.05) is 0 Å². The van der Waals surface area contributed by atoms with Gasteiger partial charge in [-0.15, -0.1) is 0 Å². The molecule has 1 aliphatic rings. The molecule has 0 aliphatic carbocycles. The molecule has 0 spiro atoms. The zero-order valence-electron chi connectivity index (χ0n) is 7.12. The van der Waals surface area contributed by atoms with Crippen LogP contribution in [0, 0.1) is 5.82 Å². The van der Waals surface area contributed by atoms with Gasteiger partial charge in [-0.05, 0) is 12.1 Å². The highest BCUT2D eigenvalue weighted by Gasteiger charge is 2.18. The van der Waals surface area contributed by atoms with Crippen molar-refractivity contribution < 1.29 is 23.8 Å². The van der Waals surface area contributed by atoms with Gasteiger partial charge in [-0.2, -0.15) is 0 Å². The van der Waals surface area contributed by atoms with Crippen molar-refractivity contribution in [3.63, 3.8) is 0 Å². The highest BCUT2D eigenvalue weighted by Crippen LogP contribution is 2.28. The maximum Gasteiger partial charge on any atom is 0.335 e. The molecule has 1 aromatic rings. The summed E-state index contributed by atoms with van der Waals surface area (Å²) in [6.45, 7) is 0.170. The Balaban J connectivity index is 2.51. The molecule has 0 unspecified atom stereocenters. The van der Waals surface area contributed by atoms with E-state index in [4.69, 9.17) is 14.6 Å². The van der Waals surface area contributed by atoms with Crippen LogP contribution in [-0.2, 0) is 11.3 Å². The predicted molar refractivity (Wildman–Crippen MR) is 43.6 cm³/mol. The molecular weight excluding hydrogens is 191 g/mol. The highest BCUT2D eigenvalue weighted by atomic mass is 19.1. The van der Waals surface area contributed by atoms with Crippen molar-refractivity contribution in [3.8, 4) is 5.75 Å². The van der Waals surface area contributed by atoms with Crippen LogP contribution in [-0.4, -0.2) is 17.9 Å². The number of rotatable bonds is 1. The fourth-order valence-corrected chi connectivity index (χ4v) is 1.29. The summed E-state index contributed by atoms with van der Waals surface area (Å²) in [5.41, 5.74) is 0.323. The third-order valence-corrected chi connectivity index (χ3v) is 1.91. The second kappa shape index (κ2) is 3.26. The van der Waals surface area contributed by atoms with E-state index in [0.717, 1.165) is 6.07 Å². The van der Waals surface area contributed by atoms with Crippen molar-refractivity contribution in [2.45, 2.75) is 6.61 Å². The molecule has 1 aromatic carbocycles. The molecule has 0 saturated heterocycles. The summed E-state index contributed by atoms with van der Waals surface area (Å²) in [4.78, 5) is 10.6. The third-order valence-electron chi connectivity index (χ3n) is 1.91. The van der Waals surface area contributed by atoms with Crippen molar-refractivity contribution in [1.29, 1.82) is 0 Å². The van der Waals surface area contributed by atoms with E-state index in [0.29, 0.717) is 5.56 Å². The Morgan fingerprint density at radius 1 is 1.50 bits per heavy atom. The summed E-state index contributed by atoms with van der Waals surface area (Å²) >= 11 is 0. The molecular formula is C9H7FO4. The second-order valence-corrected chi connectivity index (χ2v) is 2.86. The number of carboxylic acids is 1. The summed E-state index contributed by atoms with van der Waals surface area (Å²) in [5, 5.41) is 8.66. The van der Waals surface area contributed by atoms with Crippen LogP contribution >= 0.6 is 0 Å². The summed E-state index contributed by atoms with van der Waals surface area (Å²) in [7, 11) is 0. The molecule has 5 heteroatoms. The van der Waals surface area contributed by atoms with Crippen molar-refractivity contribution in [2.75, 3.05) is 6.79 Å². The van der Waals surface area contributed by atoms with E-state index in [1.54, 1.807) is 0 Å². The van der Waals surface area contributed by atoms with Crippen LogP contribution in [0.4, 0.5) is 4.39 Å². The Morgan fingerprint density at radius 2 is 2.29 bits per heavy atom. The number of ether oxygens (including phenoxy) is 2. The van der Waals surface area contributed by atoms with Crippen LogP contribution in [0.5, 0.6) is 5.75 Å². The lowest BCUT2D eigenvalue weighted by atomic mass is 10.1. The number of hydrogen-bond donors (Lipinski definition) is 1. The average molecular weight is 198 g/mol. The minimum absolute atomic E-state index is 0.00363. The van der Waals surface area contributed by atoms with Crippen molar-refractivity contribution in [2.24, 2.45) is 0 Å². The predicted octanol–water partition coefficient (Wildman–Crippen LogP) is 1.39. The Labute approximate surface area is 78.9 Å². The SMILES string of the molecule is O=C(O)c1cc(F)c2c(c1)COCO2. The van der Waals surface area contributed by atoms with E-state index in [2.05, 4.69) is 0 Å². The molecule has 2 rings (SSSR count). The van der Waals surface area contributed by atoms with Crippen LogP contribution in [0.2, 0.25) is 0 Å². The molecule has 14 heavy (non-hydrogen) atoms. The van der Waals surface area contributed by atoms with Gasteiger partial charge >= 0.3 is 5.97 Å². The number of fused-ring (bicyclic) bond motifs is 1. The van der Waals surface area contributed by atoms with E-state index in [-0.39, 0.29) is 24.7 Å². The number of aromatic carboxylic acids is 1. The van der Waals surface area contributed by atoms with E-state index >= 15 is 0 Å². The van der Waals surface area contributed by atoms with Gasteiger partial charge in [0.15, 0.2) is 18.4 Å². The monoisotopic (exact) mass is 198 g/mol. The van der Waals surface area contributed by atoms with Crippen molar-refractivity contribution in [3.05, 3.63) is 29.1 Å². The third kappa shape index (κ3) is 1.42. The Morgan fingerprint density at radius 3 is 3.00 bits per heavy atom. The zero-order valence-corrected chi connectivity index (χ0v) is 7.12. The van der Waals surface area contributed by atoms with Gasteiger partial charge in [-0.3, -0.25) is 0 Å². The molecule has 0 aromatic heterocycles. The number of halogens is 1. The first-order chi connectivity index (χ1) is 6.68. The van der Waals surface area contributed by atoms with Crippen molar-refractivity contribution >= 4 is 5.97 Å². The largest absolute Gasteiger partial charge is 0.478 e. The van der Waals surface area contributed by atoms with Crippen LogP contribution in [0.3, 0.4) is 0 Å². The van der Waals surface area contributed by atoms with Gasteiger partial charge in [0.2, 0.25) is 0 Å². The first-order valence-electron chi connectivity index (χ1n) is 3.95. The van der Waals surface area contributed by atoms with Crippen LogP contribution in [0.1, 0.15) is 15.9 Å². The molecule has 0 atom stereocenters. The highest BCUT2D eigenvalue weighted by molar-refractivity contribution is 5.88. The van der Waals surface area contributed by atoms with Crippen molar-refractivity contribution in [1.82, 2.24) is 0 Å².